The van der Waals surface area contributed by atoms with E-state index in [2.05, 4.69) is 10.6 Å². The minimum Gasteiger partial charge on any atom is -0.351 e. The molecule has 0 bridgehead atoms. The van der Waals surface area contributed by atoms with Crippen LogP contribution in [0.1, 0.15) is 33.6 Å². The monoisotopic (exact) mass is 388 g/mol. The van der Waals surface area contributed by atoms with Gasteiger partial charge in [0.05, 0.1) is 11.3 Å². The first-order valence-corrected chi connectivity index (χ1v) is 9.64. The van der Waals surface area contributed by atoms with Gasteiger partial charge in [-0.1, -0.05) is 6.07 Å². The zero-order valence-electron chi connectivity index (χ0n) is 15.9. The van der Waals surface area contributed by atoms with Gasteiger partial charge >= 0.3 is 0 Å². The SMILES string of the molecule is Cn1ccc2c(C(=O)Nc3ccc4c(c3)C(=O)N3CCC[C@@H]3C(=O)N4)cccc21. The molecule has 3 heterocycles. The van der Waals surface area contributed by atoms with Crippen molar-refractivity contribution in [2.24, 2.45) is 7.05 Å². The molecule has 0 aliphatic carbocycles. The highest BCUT2D eigenvalue weighted by atomic mass is 16.2. The number of hydrogen-bond acceptors (Lipinski definition) is 3. The van der Waals surface area contributed by atoms with E-state index in [9.17, 15) is 14.4 Å². The number of nitrogens with one attached hydrogen (secondary N) is 2. The summed E-state index contributed by atoms with van der Waals surface area (Å²) < 4.78 is 1.96. The summed E-state index contributed by atoms with van der Waals surface area (Å²) in [5.74, 6) is -0.574. The van der Waals surface area contributed by atoms with Crippen LogP contribution in [0.15, 0.2) is 48.7 Å². The van der Waals surface area contributed by atoms with E-state index in [1.807, 2.05) is 36.0 Å². The highest BCUT2D eigenvalue weighted by molar-refractivity contribution is 6.14. The zero-order chi connectivity index (χ0) is 20.1. The fraction of sp³-hybridized carbons (Fsp3) is 0.227. The number of aromatic nitrogens is 1. The summed E-state index contributed by atoms with van der Waals surface area (Å²) in [6, 6.07) is 12.1. The van der Waals surface area contributed by atoms with Crippen LogP contribution >= 0.6 is 0 Å². The average Bonchev–Trinajstić information content (AvgIpc) is 3.33. The van der Waals surface area contributed by atoms with Gasteiger partial charge in [0.2, 0.25) is 5.91 Å². The number of amides is 3. The van der Waals surface area contributed by atoms with E-state index >= 15 is 0 Å². The second-order valence-electron chi connectivity index (χ2n) is 7.53. The highest BCUT2D eigenvalue weighted by Gasteiger charge is 2.38. The summed E-state index contributed by atoms with van der Waals surface area (Å²) in [4.78, 5) is 39.9. The summed E-state index contributed by atoms with van der Waals surface area (Å²) in [7, 11) is 1.93. The van der Waals surface area contributed by atoms with E-state index in [4.69, 9.17) is 0 Å². The Morgan fingerprint density at radius 3 is 2.90 bits per heavy atom. The minimum atomic E-state index is -0.413. The van der Waals surface area contributed by atoms with Gasteiger partial charge in [-0.25, -0.2) is 0 Å². The lowest BCUT2D eigenvalue weighted by Crippen LogP contribution is -2.40. The predicted octanol–water partition coefficient (Wildman–Crippen LogP) is 2.99. The first kappa shape index (κ1) is 17.5. The number of hydrogen-bond donors (Lipinski definition) is 2. The molecule has 2 aromatic carbocycles. The van der Waals surface area contributed by atoms with Gasteiger partial charge in [0.1, 0.15) is 6.04 Å². The molecule has 1 aromatic heterocycles. The maximum absolute atomic E-state index is 13.0. The van der Waals surface area contributed by atoms with Crippen molar-refractivity contribution < 1.29 is 14.4 Å². The fourth-order valence-electron chi connectivity index (χ4n) is 4.26. The molecule has 2 N–H and O–H groups in total. The normalized spacial score (nSPS) is 18.2. The molecule has 7 heteroatoms. The summed E-state index contributed by atoms with van der Waals surface area (Å²) in [6.45, 7) is 0.572. The maximum Gasteiger partial charge on any atom is 0.256 e. The second-order valence-corrected chi connectivity index (χ2v) is 7.53. The molecule has 29 heavy (non-hydrogen) atoms. The van der Waals surface area contributed by atoms with Crippen LogP contribution in [0.25, 0.3) is 10.9 Å². The first-order chi connectivity index (χ1) is 14.0. The molecular weight excluding hydrogens is 368 g/mol. The van der Waals surface area contributed by atoms with Gasteiger partial charge in [0.15, 0.2) is 0 Å². The number of aryl methyl sites for hydroxylation is 1. The van der Waals surface area contributed by atoms with Gasteiger partial charge in [-0.2, -0.15) is 0 Å². The largest absolute Gasteiger partial charge is 0.351 e. The van der Waals surface area contributed by atoms with Gasteiger partial charge in [0, 0.05) is 41.9 Å². The zero-order valence-corrected chi connectivity index (χ0v) is 15.9. The average molecular weight is 388 g/mol. The molecule has 0 saturated carbocycles. The molecule has 146 valence electrons. The Hall–Kier alpha value is -3.61. The topological polar surface area (TPSA) is 83.4 Å². The summed E-state index contributed by atoms with van der Waals surface area (Å²) in [6.07, 6.45) is 3.41. The van der Waals surface area contributed by atoms with Crippen LogP contribution in [0.3, 0.4) is 0 Å². The molecule has 2 aliphatic rings. The molecule has 1 fully saturated rings. The van der Waals surface area contributed by atoms with Gasteiger partial charge in [-0.05, 0) is 49.2 Å². The van der Waals surface area contributed by atoms with Crippen LogP contribution in [0.2, 0.25) is 0 Å². The van der Waals surface area contributed by atoms with Gasteiger partial charge < -0.3 is 20.1 Å². The third-order valence-corrected chi connectivity index (χ3v) is 5.75. The lowest BCUT2D eigenvalue weighted by molar-refractivity contribution is -0.119. The molecule has 0 radical (unpaired) electrons. The van der Waals surface area contributed by atoms with Gasteiger partial charge in [-0.3, -0.25) is 14.4 Å². The van der Waals surface area contributed by atoms with Crippen LogP contribution in [0, 0.1) is 0 Å². The van der Waals surface area contributed by atoms with Crippen molar-refractivity contribution in [3.05, 3.63) is 59.8 Å². The molecule has 0 spiro atoms. The number of benzene rings is 2. The minimum absolute atomic E-state index is 0.151. The quantitative estimate of drug-likeness (QED) is 0.708. The fourth-order valence-corrected chi connectivity index (χ4v) is 4.26. The van der Waals surface area contributed by atoms with E-state index in [0.29, 0.717) is 35.5 Å². The van der Waals surface area contributed by atoms with E-state index in [-0.39, 0.29) is 17.7 Å². The summed E-state index contributed by atoms with van der Waals surface area (Å²) in [5.41, 5.74) is 2.94. The van der Waals surface area contributed by atoms with Gasteiger partial charge in [0.25, 0.3) is 11.8 Å². The Bertz CT molecular complexity index is 1180. The Morgan fingerprint density at radius 2 is 2.03 bits per heavy atom. The summed E-state index contributed by atoms with van der Waals surface area (Å²) in [5, 5.41) is 6.60. The molecule has 1 saturated heterocycles. The Morgan fingerprint density at radius 1 is 1.17 bits per heavy atom. The van der Waals surface area contributed by atoms with Crippen LogP contribution in [-0.2, 0) is 11.8 Å². The molecule has 3 aromatic rings. The lowest BCUT2D eigenvalue weighted by Gasteiger charge is -2.20. The number of carbonyl (C=O) groups is 3. The smallest absolute Gasteiger partial charge is 0.256 e. The standard InChI is InChI=1S/C22H20N4O3/c1-25-11-9-14-15(4-2-5-18(14)25)20(27)23-13-7-8-17-16(12-13)22(29)26-10-3-6-19(26)21(28)24-17/h2,4-5,7-9,11-12,19H,3,6,10H2,1H3,(H,23,27)(H,24,28)/t19-/m1/s1. The van der Waals surface area contributed by atoms with Crippen molar-refractivity contribution in [2.75, 3.05) is 17.2 Å². The van der Waals surface area contributed by atoms with Crippen LogP contribution in [0.4, 0.5) is 11.4 Å². The highest BCUT2D eigenvalue weighted by Crippen LogP contribution is 2.31. The van der Waals surface area contributed by atoms with Crippen molar-refractivity contribution in [2.45, 2.75) is 18.9 Å². The Kier molecular flexibility index (Phi) is 3.91. The van der Waals surface area contributed by atoms with Gasteiger partial charge in [-0.15, -0.1) is 0 Å². The van der Waals surface area contributed by atoms with Crippen molar-refractivity contribution in [3.63, 3.8) is 0 Å². The maximum atomic E-state index is 13.0. The molecule has 0 unspecified atom stereocenters. The van der Waals surface area contributed by atoms with Crippen molar-refractivity contribution in [3.8, 4) is 0 Å². The van der Waals surface area contributed by atoms with E-state index in [0.717, 1.165) is 17.3 Å². The van der Waals surface area contributed by atoms with Crippen LogP contribution in [-0.4, -0.2) is 39.8 Å². The number of carbonyl (C=O) groups excluding carboxylic acids is 3. The molecule has 2 aliphatic heterocycles. The molecule has 7 nitrogen and oxygen atoms in total. The third kappa shape index (κ3) is 2.77. The number of anilines is 2. The van der Waals surface area contributed by atoms with Crippen molar-refractivity contribution >= 4 is 40.0 Å². The molecule has 5 rings (SSSR count). The second kappa shape index (κ2) is 6.48. The number of fused-ring (bicyclic) bond motifs is 3. The Balaban J connectivity index is 1.47. The van der Waals surface area contributed by atoms with E-state index < -0.39 is 6.04 Å². The Labute approximate surface area is 167 Å². The predicted molar refractivity (Wildman–Crippen MR) is 110 cm³/mol. The van der Waals surface area contributed by atoms with Crippen LogP contribution < -0.4 is 10.6 Å². The number of nitrogens with zero attached hydrogens (tertiary/aromatic N) is 2. The lowest BCUT2D eigenvalue weighted by atomic mass is 10.1. The number of rotatable bonds is 2. The molecule has 1 atom stereocenters. The van der Waals surface area contributed by atoms with E-state index in [1.165, 1.54) is 0 Å². The van der Waals surface area contributed by atoms with Crippen LogP contribution in [0.5, 0.6) is 0 Å². The van der Waals surface area contributed by atoms with Crippen molar-refractivity contribution in [1.29, 1.82) is 0 Å². The van der Waals surface area contributed by atoms with E-state index in [1.54, 1.807) is 29.2 Å². The first-order valence-electron chi connectivity index (χ1n) is 9.64. The van der Waals surface area contributed by atoms with Crippen molar-refractivity contribution in [1.82, 2.24) is 9.47 Å². The summed E-state index contributed by atoms with van der Waals surface area (Å²) >= 11 is 0. The third-order valence-electron chi connectivity index (χ3n) is 5.75. The molecular formula is C22H20N4O3. The molecule has 3 amide bonds.